The predicted octanol–water partition coefficient (Wildman–Crippen LogP) is 2.40. The van der Waals surface area contributed by atoms with E-state index < -0.39 is 11.7 Å². The lowest BCUT2D eigenvalue weighted by molar-refractivity contribution is 0.0995. The van der Waals surface area contributed by atoms with Crippen molar-refractivity contribution in [1.82, 2.24) is 14.6 Å². The standard InChI is InChI=1S/C17H15FN4O2/c1-3-11-7-14(9(2)23)20-16-8-15(21-22(11)16)12-5-4-10(17(19)24)6-13(12)18/h4-8H,3H2,1-2H3,(H2,19,24). The summed E-state index contributed by atoms with van der Waals surface area (Å²) in [6.07, 6.45) is 0.642. The summed E-state index contributed by atoms with van der Waals surface area (Å²) in [7, 11) is 0. The molecule has 0 aliphatic rings. The highest BCUT2D eigenvalue weighted by Crippen LogP contribution is 2.24. The molecule has 0 aliphatic carbocycles. The van der Waals surface area contributed by atoms with Gasteiger partial charge in [-0.3, -0.25) is 9.59 Å². The molecule has 2 heterocycles. The number of aromatic nitrogens is 3. The molecule has 0 spiro atoms. The number of amides is 1. The van der Waals surface area contributed by atoms with Crippen LogP contribution in [0.2, 0.25) is 0 Å². The first-order chi connectivity index (χ1) is 11.4. The number of hydrogen-bond acceptors (Lipinski definition) is 4. The highest BCUT2D eigenvalue weighted by atomic mass is 19.1. The summed E-state index contributed by atoms with van der Waals surface area (Å²) in [5, 5.41) is 4.38. The zero-order valence-corrected chi connectivity index (χ0v) is 13.2. The molecular formula is C17H15FN4O2. The van der Waals surface area contributed by atoms with E-state index in [1.807, 2.05) is 6.92 Å². The van der Waals surface area contributed by atoms with Gasteiger partial charge in [0, 0.05) is 29.8 Å². The molecule has 0 radical (unpaired) electrons. The summed E-state index contributed by atoms with van der Waals surface area (Å²) in [5.74, 6) is -1.44. The molecule has 0 fully saturated rings. The van der Waals surface area contributed by atoms with Crippen molar-refractivity contribution in [3.05, 3.63) is 53.1 Å². The van der Waals surface area contributed by atoms with E-state index in [1.54, 1.807) is 16.6 Å². The van der Waals surface area contributed by atoms with Gasteiger partial charge in [0.2, 0.25) is 5.91 Å². The fourth-order valence-electron chi connectivity index (χ4n) is 2.48. The Bertz CT molecular complexity index is 978. The molecule has 0 aliphatic heterocycles. The number of rotatable bonds is 4. The van der Waals surface area contributed by atoms with Crippen molar-refractivity contribution in [2.24, 2.45) is 5.73 Å². The minimum Gasteiger partial charge on any atom is -0.366 e. The number of Topliss-reactive ketones (excluding diaryl/α,β-unsaturated/α-hetero) is 1. The van der Waals surface area contributed by atoms with Crippen LogP contribution in [0.3, 0.4) is 0 Å². The van der Waals surface area contributed by atoms with Crippen LogP contribution in [0, 0.1) is 5.82 Å². The molecule has 122 valence electrons. The van der Waals surface area contributed by atoms with Gasteiger partial charge in [0.25, 0.3) is 0 Å². The molecule has 1 amide bonds. The first kappa shape index (κ1) is 15.8. The molecule has 0 unspecified atom stereocenters. The Morgan fingerprint density at radius 2 is 2.00 bits per heavy atom. The quantitative estimate of drug-likeness (QED) is 0.745. The average molecular weight is 326 g/mol. The van der Waals surface area contributed by atoms with Crippen molar-refractivity contribution in [2.75, 3.05) is 0 Å². The van der Waals surface area contributed by atoms with Gasteiger partial charge in [0.15, 0.2) is 11.4 Å². The smallest absolute Gasteiger partial charge is 0.248 e. The van der Waals surface area contributed by atoms with Crippen molar-refractivity contribution >= 4 is 17.3 Å². The maximum atomic E-state index is 14.3. The maximum Gasteiger partial charge on any atom is 0.248 e. The Labute approximate surface area is 137 Å². The van der Waals surface area contributed by atoms with Gasteiger partial charge in [-0.25, -0.2) is 13.9 Å². The molecule has 0 atom stereocenters. The van der Waals surface area contributed by atoms with Crippen LogP contribution in [0.5, 0.6) is 0 Å². The molecule has 6 nitrogen and oxygen atoms in total. The molecule has 0 bridgehead atoms. The van der Waals surface area contributed by atoms with Gasteiger partial charge < -0.3 is 5.73 Å². The molecule has 3 rings (SSSR count). The number of nitrogens with zero attached hydrogens (tertiary/aromatic N) is 3. The molecule has 24 heavy (non-hydrogen) atoms. The Hall–Kier alpha value is -3.09. The zero-order valence-electron chi connectivity index (χ0n) is 13.2. The maximum absolute atomic E-state index is 14.3. The van der Waals surface area contributed by atoms with Crippen LogP contribution >= 0.6 is 0 Å². The van der Waals surface area contributed by atoms with Crippen molar-refractivity contribution in [2.45, 2.75) is 20.3 Å². The molecule has 7 heteroatoms. The second-order valence-electron chi connectivity index (χ2n) is 5.40. The third kappa shape index (κ3) is 2.64. The Morgan fingerprint density at radius 1 is 1.25 bits per heavy atom. The van der Waals surface area contributed by atoms with Crippen molar-refractivity contribution in [3.8, 4) is 11.3 Å². The zero-order chi connectivity index (χ0) is 17.4. The third-order valence-corrected chi connectivity index (χ3v) is 3.75. The minimum absolute atomic E-state index is 0.0891. The van der Waals surface area contributed by atoms with E-state index in [9.17, 15) is 14.0 Å². The summed E-state index contributed by atoms with van der Waals surface area (Å²) in [6, 6.07) is 7.26. The van der Waals surface area contributed by atoms with Gasteiger partial charge in [-0.1, -0.05) is 6.92 Å². The van der Waals surface area contributed by atoms with Gasteiger partial charge in [-0.15, -0.1) is 0 Å². The number of benzene rings is 1. The largest absolute Gasteiger partial charge is 0.366 e. The number of aryl methyl sites for hydroxylation is 1. The fraction of sp³-hybridized carbons (Fsp3) is 0.176. The summed E-state index contributed by atoms with van der Waals surface area (Å²) in [6.45, 7) is 3.38. The number of carbonyl (C=O) groups is 2. The lowest BCUT2D eigenvalue weighted by Crippen LogP contribution is -2.11. The summed E-state index contributed by atoms with van der Waals surface area (Å²) in [5.41, 5.74) is 7.44. The number of ketones is 1. The molecule has 2 aromatic heterocycles. The predicted molar refractivity (Wildman–Crippen MR) is 86.3 cm³/mol. The van der Waals surface area contributed by atoms with Gasteiger partial charge in [0.05, 0.1) is 5.69 Å². The van der Waals surface area contributed by atoms with Crippen LogP contribution in [0.4, 0.5) is 4.39 Å². The summed E-state index contributed by atoms with van der Waals surface area (Å²) < 4.78 is 15.9. The highest BCUT2D eigenvalue weighted by Gasteiger charge is 2.15. The topological polar surface area (TPSA) is 90.4 Å². The monoisotopic (exact) mass is 326 g/mol. The van der Waals surface area contributed by atoms with Crippen LogP contribution in [0.15, 0.2) is 30.3 Å². The van der Waals surface area contributed by atoms with E-state index in [0.29, 0.717) is 23.5 Å². The van der Waals surface area contributed by atoms with Gasteiger partial charge >= 0.3 is 0 Å². The molecular weight excluding hydrogens is 311 g/mol. The molecule has 2 N–H and O–H groups in total. The summed E-state index contributed by atoms with van der Waals surface area (Å²) >= 11 is 0. The number of fused-ring (bicyclic) bond motifs is 1. The van der Waals surface area contributed by atoms with Crippen LogP contribution in [-0.4, -0.2) is 26.3 Å². The third-order valence-electron chi connectivity index (χ3n) is 3.75. The lowest BCUT2D eigenvalue weighted by atomic mass is 10.1. The fourth-order valence-corrected chi connectivity index (χ4v) is 2.48. The van der Waals surface area contributed by atoms with Crippen molar-refractivity contribution in [3.63, 3.8) is 0 Å². The van der Waals surface area contributed by atoms with Crippen LogP contribution < -0.4 is 5.73 Å². The van der Waals surface area contributed by atoms with E-state index in [4.69, 9.17) is 5.73 Å². The van der Waals surface area contributed by atoms with Crippen molar-refractivity contribution < 1.29 is 14.0 Å². The number of primary amides is 1. The van der Waals surface area contributed by atoms with E-state index in [1.165, 1.54) is 19.1 Å². The number of carbonyl (C=O) groups excluding carboxylic acids is 2. The Kier molecular flexibility index (Phi) is 3.84. The number of halogens is 1. The van der Waals surface area contributed by atoms with Gasteiger partial charge in [-0.05, 0) is 30.7 Å². The second kappa shape index (κ2) is 5.84. The van der Waals surface area contributed by atoms with E-state index in [-0.39, 0.29) is 16.9 Å². The minimum atomic E-state index is -0.698. The Balaban J connectivity index is 2.18. The van der Waals surface area contributed by atoms with Crippen LogP contribution in [0.1, 0.15) is 40.4 Å². The molecule has 3 aromatic rings. The molecule has 0 saturated heterocycles. The first-order valence-corrected chi connectivity index (χ1v) is 7.41. The Morgan fingerprint density at radius 3 is 2.58 bits per heavy atom. The van der Waals surface area contributed by atoms with Crippen molar-refractivity contribution in [1.29, 1.82) is 0 Å². The lowest BCUT2D eigenvalue weighted by Gasteiger charge is -2.03. The van der Waals surface area contributed by atoms with E-state index in [0.717, 1.165) is 11.8 Å². The first-order valence-electron chi connectivity index (χ1n) is 7.41. The molecule has 0 saturated carbocycles. The summed E-state index contributed by atoms with van der Waals surface area (Å²) in [4.78, 5) is 27.0. The van der Waals surface area contributed by atoms with E-state index >= 15 is 0 Å². The SMILES string of the molecule is CCc1cc(C(C)=O)nc2cc(-c3ccc(C(N)=O)cc3F)nn12. The van der Waals surface area contributed by atoms with E-state index in [2.05, 4.69) is 10.1 Å². The van der Waals surface area contributed by atoms with Gasteiger partial charge in [0.1, 0.15) is 11.5 Å². The number of hydrogen-bond donors (Lipinski definition) is 1. The average Bonchev–Trinajstić information content (AvgIpc) is 2.97. The highest BCUT2D eigenvalue weighted by molar-refractivity contribution is 5.93. The van der Waals surface area contributed by atoms with Crippen LogP contribution in [0.25, 0.3) is 16.9 Å². The van der Waals surface area contributed by atoms with Gasteiger partial charge in [-0.2, -0.15) is 5.10 Å². The normalized spacial score (nSPS) is 11.0. The van der Waals surface area contributed by atoms with Crippen LogP contribution in [-0.2, 0) is 6.42 Å². The molecule has 1 aromatic carbocycles. The second-order valence-corrected chi connectivity index (χ2v) is 5.40. The number of nitrogens with two attached hydrogens (primary N) is 1.